The van der Waals surface area contributed by atoms with Gasteiger partial charge in [-0.25, -0.2) is 0 Å². The lowest BCUT2D eigenvalue weighted by Crippen LogP contribution is -2.39. The Morgan fingerprint density at radius 1 is 1.42 bits per heavy atom. The standard InChI is InChI=1S/C15H26N2O2/c1-2-14-13-9-16-8-11(13)10-17(14)15(18)6-5-12-4-3-7-19-12/h11-14,16H,2-10H2,1H3. The number of ether oxygens (including phenoxy) is 1. The molecule has 0 aliphatic carbocycles. The molecule has 0 aromatic heterocycles. The van der Waals surface area contributed by atoms with Crippen LogP contribution in [0.4, 0.5) is 0 Å². The molecule has 3 saturated heterocycles. The van der Waals surface area contributed by atoms with Crippen molar-refractivity contribution in [1.29, 1.82) is 0 Å². The number of hydrogen-bond acceptors (Lipinski definition) is 3. The van der Waals surface area contributed by atoms with Gasteiger partial charge in [0.05, 0.1) is 6.10 Å². The summed E-state index contributed by atoms with van der Waals surface area (Å²) < 4.78 is 5.61. The van der Waals surface area contributed by atoms with Crippen LogP contribution >= 0.6 is 0 Å². The lowest BCUT2D eigenvalue weighted by Gasteiger charge is -2.27. The van der Waals surface area contributed by atoms with Crippen molar-refractivity contribution in [3.63, 3.8) is 0 Å². The van der Waals surface area contributed by atoms with Gasteiger partial charge in [-0.3, -0.25) is 4.79 Å². The monoisotopic (exact) mass is 266 g/mol. The van der Waals surface area contributed by atoms with Gasteiger partial charge in [0, 0.05) is 38.7 Å². The maximum atomic E-state index is 12.5. The van der Waals surface area contributed by atoms with E-state index in [0.29, 0.717) is 36.3 Å². The number of carbonyl (C=O) groups is 1. The maximum Gasteiger partial charge on any atom is 0.222 e. The largest absolute Gasteiger partial charge is 0.378 e. The molecule has 4 unspecified atom stereocenters. The van der Waals surface area contributed by atoms with Crippen LogP contribution in [-0.2, 0) is 9.53 Å². The fourth-order valence-corrected chi connectivity index (χ4v) is 4.13. The third kappa shape index (κ3) is 2.65. The molecule has 3 aliphatic heterocycles. The minimum Gasteiger partial charge on any atom is -0.378 e. The fourth-order valence-electron chi connectivity index (χ4n) is 4.13. The maximum absolute atomic E-state index is 12.5. The van der Waals surface area contributed by atoms with Crippen LogP contribution in [0.25, 0.3) is 0 Å². The number of likely N-dealkylation sites (tertiary alicyclic amines) is 1. The van der Waals surface area contributed by atoms with E-state index >= 15 is 0 Å². The van der Waals surface area contributed by atoms with E-state index in [0.717, 1.165) is 51.9 Å². The zero-order chi connectivity index (χ0) is 13.2. The van der Waals surface area contributed by atoms with Crippen LogP contribution in [0.2, 0.25) is 0 Å². The Morgan fingerprint density at radius 3 is 3.05 bits per heavy atom. The molecule has 0 radical (unpaired) electrons. The van der Waals surface area contributed by atoms with Gasteiger partial charge in [-0.1, -0.05) is 6.92 Å². The molecule has 1 N–H and O–H groups in total. The lowest BCUT2D eigenvalue weighted by atomic mass is 9.93. The molecule has 3 rings (SSSR count). The van der Waals surface area contributed by atoms with Gasteiger partial charge in [0.2, 0.25) is 5.91 Å². The minimum atomic E-state index is 0.341. The summed E-state index contributed by atoms with van der Waals surface area (Å²) in [6.45, 7) is 6.26. The quantitative estimate of drug-likeness (QED) is 0.836. The molecule has 0 aromatic rings. The van der Waals surface area contributed by atoms with Gasteiger partial charge < -0.3 is 15.0 Å². The molecular formula is C15H26N2O2. The van der Waals surface area contributed by atoms with Gasteiger partial charge in [0.25, 0.3) is 0 Å². The number of nitrogens with zero attached hydrogens (tertiary/aromatic N) is 1. The summed E-state index contributed by atoms with van der Waals surface area (Å²) in [5, 5.41) is 3.47. The second kappa shape index (κ2) is 5.80. The molecule has 108 valence electrons. The van der Waals surface area contributed by atoms with Crippen LogP contribution in [0.15, 0.2) is 0 Å². The van der Waals surface area contributed by atoms with Gasteiger partial charge in [-0.15, -0.1) is 0 Å². The summed E-state index contributed by atoms with van der Waals surface area (Å²) >= 11 is 0. The second-order valence-electron chi connectivity index (χ2n) is 6.28. The molecule has 4 nitrogen and oxygen atoms in total. The molecule has 19 heavy (non-hydrogen) atoms. The van der Waals surface area contributed by atoms with Crippen LogP contribution in [0.5, 0.6) is 0 Å². The van der Waals surface area contributed by atoms with Crippen molar-refractivity contribution in [2.24, 2.45) is 11.8 Å². The first-order chi connectivity index (χ1) is 9.29. The molecule has 0 aromatic carbocycles. The number of carbonyl (C=O) groups excluding carboxylic acids is 1. The topological polar surface area (TPSA) is 41.6 Å². The fraction of sp³-hybridized carbons (Fsp3) is 0.933. The highest BCUT2D eigenvalue weighted by Gasteiger charge is 2.44. The van der Waals surface area contributed by atoms with Crippen molar-refractivity contribution >= 4 is 5.91 Å². The van der Waals surface area contributed by atoms with Gasteiger partial charge in [0.15, 0.2) is 0 Å². The summed E-state index contributed by atoms with van der Waals surface area (Å²) in [5.41, 5.74) is 0. The smallest absolute Gasteiger partial charge is 0.222 e. The second-order valence-corrected chi connectivity index (χ2v) is 6.28. The van der Waals surface area contributed by atoms with E-state index in [-0.39, 0.29) is 0 Å². The third-order valence-corrected chi connectivity index (χ3v) is 5.16. The molecule has 4 atom stereocenters. The van der Waals surface area contributed by atoms with E-state index in [1.165, 1.54) is 0 Å². The molecule has 0 spiro atoms. The zero-order valence-corrected chi connectivity index (χ0v) is 11.9. The highest BCUT2D eigenvalue weighted by molar-refractivity contribution is 5.77. The summed E-state index contributed by atoms with van der Waals surface area (Å²) in [5.74, 6) is 1.74. The Hall–Kier alpha value is -0.610. The van der Waals surface area contributed by atoms with Crippen molar-refractivity contribution in [1.82, 2.24) is 10.2 Å². The molecular weight excluding hydrogens is 240 g/mol. The third-order valence-electron chi connectivity index (χ3n) is 5.16. The highest BCUT2D eigenvalue weighted by atomic mass is 16.5. The molecule has 4 heteroatoms. The summed E-state index contributed by atoms with van der Waals surface area (Å²) in [7, 11) is 0. The van der Waals surface area contributed by atoms with Crippen molar-refractivity contribution in [2.45, 2.75) is 51.2 Å². The van der Waals surface area contributed by atoms with Crippen LogP contribution in [0.3, 0.4) is 0 Å². The van der Waals surface area contributed by atoms with Crippen LogP contribution < -0.4 is 5.32 Å². The molecule has 0 saturated carbocycles. The zero-order valence-electron chi connectivity index (χ0n) is 11.9. The Kier molecular flexibility index (Phi) is 4.08. The van der Waals surface area contributed by atoms with E-state index in [1.807, 2.05) is 0 Å². The van der Waals surface area contributed by atoms with E-state index in [2.05, 4.69) is 17.1 Å². The van der Waals surface area contributed by atoms with Gasteiger partial charge in [0.1, 0.15) is 0 Å². The van der Waals surface area contributed by atoms with Crippen molar-refractivity contribution in [3.05, 3.63) is 0 Å². The van der Waals surface area contributed by atoms with Gasteiger partial charge in [-0.2, -0.15) is 0 Å². The first-order valence-corrected chi connectivity index (χ1v) is 7.91. The van der Waals surface area contributed by atoms with Gasteiger partial charge >= 0.3 is 0 Å². The summed E-state index contributed by atoms with van der Waals surface area (Å²) in [6.07, 6.45) is 5.32. The Bertz CT molecular complexity index is 328. The summed E-state index contributed by atoms with van der Waals surface area (Å²) in [6, 6.07) is 0.469. The Labute approximate surface area is 115 Å². The first-order valence-electron chi connectivity index (χ1n) is 7.91. The van der Waals surface area contributed by atoms with Gasteiger partial charge in [-0.05, 0) is 37.5 Å². The van der Waals surface area contributed by atoms with Crippen molar-refractivity contribution < 1.29 is 9.53 Å². The van der Waals surface area contributed by atoms with Crippen molar-refractivity contribution in [3.8, 4) is 0 Å². The lowest BCUT2D eigenvalue weighted by molar-refractivity contribution is -0.133. The predicted octanol–water partition coefficient (Wildman–Crippen LogP) is 1.40. The average Bonchev–Trinajstić information content (AvgIpc) is 3.11. The highest BCUT2D eigenvalue weighted by Crippen LogP contribution is 2.34. The molecule has 3 aliphatic rings. The number of nitrogens with one attached hydrogen (secondary N) is 1. The molecule has 1 amide bonds. The van der Waals surface area contributed by atoms with Crippen LogP contribution in [0, 0.1) is 11.8 Å². The first kappa shape index (κ1) is 13.4. The SMILES string of the molecule is CCC1C2CNCC2CN1C(=O)CCC1CCCO1. The molecule has 3 heterocycles. The summed E-state index contributed by atoms with van der Waals surface area (Å²) in [4.78, 5) is 14.6. The molecule has 0 bridgehead atoms. The minimum absolute atomic E-state index is 0.341. The van der Waals surface area contributed by atoms with E-state index in [1.54, 1.807) is 0 Å². The molecule has 3 fully saturated rings. The number of rotatable bonds is 4. The Balaban J connectivity index is 1.53. The van der Waals surface area contributed by atoms with E-state index < -0.39 is 0 Å². The predicted molar refractivity (Wildman–Crippen MR) is 73.8 cm³/mol. The number of hydrogen-bond donors (Lipinski definition) is 1. The van der Waals surface area contributed by atoms with Crippen LogP contribution in [-0.4, -0.2) is 49.2 Å². The normalized spacial score (nSPS) is 37.8. The average molecular weight is 266 g/mol. The van der Waals surface area contributed by atoms with Crippen molar-refractivity contribution in [2.75, 3.05) is 26.2 Å². The van der Waals surface area contributed by atoms with E-state index in [9.17, 15) is 4.79 Å². The Morgan fingerprint density at radius 2 is 2.32 bits per heavy atom. The van der Waals surface area contributed by atoms with E-state index in [4.69, 9.17) is 4.74 Å². The number of fused-ring (bicyclic) bond motifs is 1. The van der Waals surface area contributed by atoms with Crippen LogP contribution in [0.1, 0.15) is 39.0 Å². The number of amides is 1.